The average molecular weight is 299 g/mol. The normalized spacial score (nSPS) is 20.2. The molecule has 1 fully saturated rings. The van der Waals surface area contributed by atoms with Crippen LogP contribution in [0.5, 0.6) is 0 Å². The minimum absolute atomic E-state index is 0.0595. The van der Waals surface area contributed by atoms with Crippen molar-refractivity contribution in [2.24, 2.45) is 0 Å². The molecule has 0 aromatic carbocycles. The van der Waals surface area contributed by atoms with Gasteiger partial charge in [-0.1, -0.05) is 6.92 Å². The number of nitrogens with one attached hydrogen (secondary N) is 1. The molecule has 1 amide bonds. The van der Waals surface area contributed by atoms with E-state index in [-0.39, 0.29) is 11.9 Å². The molecule has 1 aromatic rings. The van der Waals surface area contributed by atoms with Gasteiger partial charge in [0, 0.05) is 13.1 Å². The smallest absolute Gasteiger partial charge is 0.242 e. The van der Waals surface area contributed by atoms with E-state index in [9.17, 15) is 4.79 Å². The Bertz CT molecular complexity index is 437. The molecule has 0 bridgehead atoms. The van der Waals surface area contributed by atoms with Crippen molar-refractivity contribution < 1.29 is 4.79 Å². The lowest BCUT2D eigenvalue weighted by molar-refractivity contribution is -0.123. The van der Waals surface area contributed by atoms with Crippen molar-refractivity contribution in [3.8, 4) is 0 Å². The lowest BCUT2D eigenvalue weighted by atomic mass is 10.1. The van der Waals surface area contributed by atoms with Gasteiger partial charge in [0.25, 0.3) is 0 Å². The first-order chi connectivity index (χ1) is 8.13. The van der Waals surface area contributed by atoms with Crippen LogP contribution in [-0.2, 0) is 4.79 Å². The van der Waals surface area contributed by atoms with E-state index in [2.05, 4.69) is 26.2 Å². The summed E-state index contributed by atoms with van der Waals surface area (Å²) in [5, 5.41) is 2.87. The fourth-order valence-corrected chi connectivity index (χ4v) is 2.63. The van der Waals surface area contributed by atoms with Gasteiger partial charge in [-0.05, 0) is 28.4 Å². The van der Waals surface area contributed by atoms with Gasteiger partial charge in [-0.2, -0.15) is 0 Å². The maximum Gasteiger partial charge on any atom is 0.242 e. The summed E-state index contributed by atoms with van der Waals surface area (Å²) in [5.74, 6) is 0.838. The van der Waals surface area contributed by atoms with Gasteiger partial charge in [0.15, 0.2) is 0 Å². The zero-order chi connectivity index (χ0) is 12.4. The van der Waals surface area contributed by atoms with Crippen LogP contribution in [0.25, 0.3) is 0 Å². The molecule has 3 N–H and O–H groups in total. The topological polar surface area (TPSA) is 71.2 Å². The van der Waals surface area contributed by atoms with E-state index in [1.807, 2.05) is 17.9 Å². The van der Waals surface area contributed by atoms with Crippen molar-refractivity contribution in [3.63, 3.8) is 0 Å². The van der Waals surface area contributed by atoms with E-state index in [1.54, 1.807) is 6.20 Å². The Hall–Kier alpha value is -1.30. The number of piperazine rings is 1. The Balaban J connectivity index is 2.33. The van der Waals surface area contributed by atoms with Gasteiger partial charge < -0.3 is 16.0 Å². The Kier molecular flexibility index (Phi) is 3.51. The highest BCUT2D eigenvalue weighted by atomic mass is 79.9. The first-order valence-electron chi connectivity index (χ1n) is 5.59. The number of halogens is 1. The summed E-state index contributed by atoms with van der Waals surface area (Å²) in [7, 11) is 0. The highest BCUT2D eigenvalue weighted by molar-refractivity contribution is 9.10. The molecule has 6 heteroatoms. The standard InChI is InChI=1S/C11H15BrN4O/c1-2-9-11(17)14-3-4-16(9)10-8(12)5-7(13)6-15-10/h5-6,9H,2-4,13H2,1H3,(H,14,17). The molecule has 1 saturated heterocycles. The van der Waals surface area contributed by atoms with Crippen LogP contribution in [0.3, 0.4) is 0 Å². The minimum atomic E-state index is -0.156. The minimum Gasteiger partial charge on any atom is -0.397 e. The summed E-state index contributed by atoms with van der Waals surface area (Å²) in [6.07, 6.45) is 2.36. The van der Waals surface area contributed by atoms with E-state index in [0.29, 0.717) is 12.2 Å². The van der Waals surface area contributed by atoms with Crippen molar-refractivity contribution in [3.05, 3.63) is 16.7 Å². The van der Waals surface area contributed by atoms with Crippen molar-refractivity contribution in [2.75, 3.05) is 23.7 Å². The van der Waals surface area contributed by atoms with Crippen LogP contribution >= 0.6 is 15.9 Å². The third kappa shape index (κ3) is 2.36. The van der Waals surface area contributed by atoms with Crippen LogP contribution in [0.2, 0.25) is 0 Å². The van der Waals surface area contributed by atoms with E-state index in [4.69, 9.17) is 5.73 Å². The number of carbonyl (C=O) groups excluding carboxylic acids is 1. The molecule has 5 nitrogen and oxygen atoms in total. The van der Waals surface area contributed by atoms with Crippen LogP contribution in [0.4, 0.5) is 11.5 Å². The van der Waals surface area contributed by atoms with Crippen LogP contribution in [0.1, 0.15) is 13.3 Å². The number of anilines is 2. The molecule has 92 valence electrons. The van der Waals surface area contributed by atoms with Crippen LogP contribution < -0.4 is 16.0 Å². The first-order valence-corrected chi connectivity index (χ1v) is 6.38. The number of pyridine rings is 1. The molecule has 1 aliphatic rings. The highest BCUT2D eigenvalue weighted by Crippen LogP contribution is 2.28. The Labute approximate surface area is 109 Å². The second kappa shape index (κ2) is 4.91. The van der Waals surface area contributed by atoms with Gasteiger partial charge in [-0.3, -0.25) is 4.79 Å². The summed E-state index contributed by atoms with van der Waals surface area (Å²) >= 11 is 3.44. The van der Waals surface area contributed by atoms with Gasteiger partial charge in [-0.15, -0.1) is 0 Å². The van der Waals surface area contributed by atoms with Crippen LogP contribution in [0, 0.1) is 0 Å². The van der Waals surface area contributed by atoms with E-state index < -0.39 is 0 Å². The third-order valence-corrected chi connectivity index (χ3v) is 3.42. The van der Waals surface area contributed by atoms with Gasteiger partial charge in [0.1, 0.15) is 11.9 Å². The number of hydrogen-bond acceptors (Lipinski definition) is 4. The molecule has 1 aliphatic heterocycles. The number of carbonyl (C=O) groups is 1. The largest absolute Gasteiger partial charge is 0.397 e. The monoisotopic (exact) mass is 298 g/mol. The Morgan fingerprint density at radius 3 is 3.12 bits per heavy atom. The van der Waals surface area contributed by atoms with E-state index in [1.165, 1.54) is 0 Å². The van der Waals surface area contributed by atoms with Gasteiger partial charge in [0.2, 0.25) is 5.91 Å². The molecule has 2 heterocycles. The third-order valence-electron chi connectivity index (χ3n) is 2.83. The zero-order valence-electron chi connectivity index (χ0n) is 9.61. The van der Waals surface area contributed by atoms with Crippen molar-refractivity contribution in [2.45, 2.75) is 19.4 Å². The highest BCUT2D eigenvalue weighted by Gasteiger charge is 2.29. The van der Waals surface area contributed by atoms with E-state index in [0.717, 1.165) is 23.3 Å². The van der Waals surface area contributed by atoms with Crippen molar-refractivity contribution in [1.29, 1.82) is 0 Å². The average Bonchev–Trinajstić information content (AvgIpc) is 2.29. The van der Waals surface area contributed by atoms with Crippen LogP contribution in [0.15, 0.2) is 16.7 Å². The molecule has 2 rings (SSSR count). The fraction of sp³-hybridized carbons (Fsp3) is 0.455. The predicted molar refractivity (Wildman–Crippen MR) is 70.8 cm³/mol. The summed E-state index contributed by atoms with van der Waals surface area (Å²) in [4.78, 5) is 18.1. The number of nitrogens with two attached hydrogens (primary N) is 1. The fourth-order valence-electron chi connectivity index (χ4n) is 2.03. The van der Waals surface area contributed by atoms with E-state index >= 15 is 0 Å². The summed E-state index contributed by atoms with van der Waals surface area (Å²) in [6.45, 7) is 3.40. The quantitative estimate of drug-likeness (QED) is 0.859. The SMILES string of the molecule is CCC1C(=O)NCCN1c1ncc(N)cc1Br. The maximum atomic E-state index is 11.8. The lowest BCUT2D eigenvalue weighted by Crippen LogP contribution is -2.55. The number of rotatable bonds is 2. The number of hydrogen-bond donors (Lipinski definition) is 2. The predicted octanol–water partition coefficient (Wildman–Crippen LogP) is 1.14. The molecule has 1 aromatic heterocycles. The molecular formula is C11H15BrN4O. The Morgan fingerprint density at radius 2 is 2.47 bits per heavy atom. The number of aromatic nitrogens is 1. The summed E-state index contributed by atoms with van der Waals surface area (Å²) in [6, 6.07) is 1.65. The van der Waals surface area contributed by atoms with Crippen molar-refractivity contribution >= 4 is 33.3 Å². The molecule has 0 radical (unpaired) electrons. The maximum absolute atomic E-state index is 11.8. The Morgan fingerprint density at radius 1 is 1.71 bits per heavy atom. The van der Waals surface area contributed by atoms with Crippen molar-refractivity contribution in [1.82, 2.24) is 10.3 Å². The molecule has 1 atom stereocenters. The van der Waals surface area contributed by atoms with Gasteiger partial charge >= 0.3 is 0 Å². The number of nitrogen functional groups attached to an aromatic ring is 1. The molecule has 1 unspecified atom stereocenters. The zero-order valence-corrected chi connectivity index (χ0v) is 11.2. The summed E-state index contributed by atoms with van der Waals surface area (Å²) < 4.78 is 0.825. The number of nitrogens with zero attached hydrogens (tertiary/aromatic N) is 2. The first kappa shape index (κ1) is 12.2. The van der Waals surface area contributed by atoms with Crippen LogP contribution in [-0.4, -0.2) is 30.0 Å². The second-order valence-corrected chi connectivity index (χ2v) is 4.84. The molecular weight excluding hydrogens is 284 g/mol. The lowest BCUT2D eigenvalue weighted by Gasteiger charge is -2.35. The van der Waals surface area contributed by atoms with Gasteiger partial charge in [0.05, 0.1) is 16.4 Å². The molecule has 17 heavy (non-hydrogen) atoms. The number of amides is 1. The molecule has 0 saturated carbocycles. The molecule has 0 spiro atoms. The summed E-state index contributed by atoms with van der Waals surface area (Å²) in [5.41, 5.74) is 6.27. The van der Waals surface area contributed by atoms with Gasteiger partial charge in [-0.25, -0.2) is 4.98 Å². The second-order valence-electron chi connectivity index (χ2n) is 3.98. The molecule has 0 aliphatic carbocycles.